The van der Waals surface area contributed by atoms with Crippen LogP contribution in [-0.2, 0) is 20.5 Å². The van der Waals surface area contributed by atoms with Crippen LogP contribution in [0.5, 0.6) is 0 Å². The minimum Gasteiger partial charge on any atom is -0.449 e. The van der Waals surface area contributed by atoms with Crippen LogP contribution in [0.25, 0.3) is 6.08 Å². The third-order valence-corrected chi connectivity index (χ3v) is 4.46. The summed E-state index contributed by atoms with van der Waals surface area (Å²) < 4.78 is 43.3. The van der Waals surface area contributed by atoms with Crippen LogP contribution in [0.4, 0.5) is 18.9 Å². The number of nitrogens with one attached hydrogen (secondary N) is 1. The monoisotopic (exact) mass is 419 g/mol. The minimum absolute atomic E-state index is 0.188. The second-order valence-corrected chi connectivity index (χ2v) is 7.22. The molecule has 0 aliphatic heterocycles. The zero-order valence-corrected chi connectivity index (χ0v) is 17.2. The lowest BCUT2D eigenvalue weighted by Gasteiger charge is -2.18. The first-order chi connectivity index (χ1) is 14.0. The summed E-state index contributed by atoms with van der Waals surface area (Å²) in [5.41, 5.74) is 1.91. The smallest absolute Gasteiger partial charge is 0.416 e. The summed E-state index contributed by atoms with van der Waals surface area (Å²) in [7, 11) is 0. The average molecular weight is 419 g/mol. The molecule has 2 aromatic carbocycles. The number of para-hydroxylation sites is 1. The Balaban J connectivity index is 2.03. The first kappa shape index (κ1) is 23.2. The van der Waals surface area contributed by atoms with Crippen molar-refractivity contribution in [3.8, 4) is 0 Å². The van der Waals surface area contributed by atoms with Gasteiger partial charge in [-0.15, -0.1) is 0 Å². The van der Waals surface area contributed by atoms with Crippen LogP contribution < -0.4 is 5.32 Å². The number of halogens is 3. The lowest BCUT2D eigenvalue weighted by atomic mass is 9.98. The van der Waals surface area contributed by atoms with Gasteiger partial charge in [0.15, 0.2) is 6.10 Å². The molecule has 2 rings (SSSR count). The third kappa shape index (κ3) is 6.20. The first-order valence-electron chi connectivity index (χ1n) is 9.45. The number of rotatable bonds is 6. The molecule has 160 valence electrons. The maximum absolute atomic E-state index is 12.8. The molecule has 0 aliphatic rings. The van der Waals surface area contributed by atoms with Gasteiger partial charge in [0.1, 0.15) is 0 Å². The molecule has 0 aromatic heterocycles. The second-order valence-electron chi connectivity index (χ2n) is 7.22. The van der Waals surface area contributed by atoms with Crippen LogP contribution >= 0.6 is 0 Å². The maximum Gasteiger partial charge on any atom is 0.416 e. The van der Waals surface area contributed by atoms with Crippen molar-refractivity contribution in [1.29, 1.82) is 0 Å². The molecule has 7 heteroatoms. The predicted molar refractivity (Wildman–Crippen MR) is 110 cm³/mol. The Morgan fingerprint density at radius 3 is 2.37 bits per heavy atom. The van der Waals surface area contributed by atoms with Crippen molar-refractivity contribution in [2.24, 2.45) is 0 Å². The molecule has 0 aliphatic carbocycles. The molecule has 30 heavy (non-hydrogen) atoms. The van der Waals surface area contributed by atoms with Crippen molar-refractivity contribution in [2.45, 2.75) is 45.9 Å². The highest BCUT2D eigenvalue weighted by Gasteiger charge is 2.30. The summed E-state index contributed by atoms with van der Waals surface area (Å²) in [6.45, 7) is 7.31. The van der Waals surface area contributed by atoms with Crippen molar-refractivity contribution in [1.82, 2.24) is 0 Å². The van der Waals surface area contributed by atoms with E-state index in [-0.39, 0.29) is 11.5 Å². The fourth-order valence-electron chi connectivity index (χ4n) is 2.82. The normalized spacial score (nSPS) is 12.8. The fraction of sp³-hybridized carbons (Fsp3) is 0.304. The molecule has 1 amide bonds. The highest BCUT2D eigenvalue weighted by Crippen LogP contribution is 2.30. The van der Waals surface area contributed by atoms with Crippen LogP contribution in [-0.4, -0.2) is 18.0 Å². The standard InChI is InChI=1S/C23H24F3NO3/c1-14(2)19-10-5-7-15(3)21(19)27-22(29)16(4)30-20(28)12-11-17-8-6-9-18(13-17)23(24,25)26/h5-14,16H,1-4H3,(H,27,29)/b12-11+. The number of aryl methyl sites for hydroxylation is 1. The second kappa shape index (κ2) is 9.61. The summed E-state index contributed by atoms with van der Waals surface area (Å²) in [5, 5.41) is 2.80. The molecule has 1 atom stereocenters. The van der Waals surface area contributed by atoms with E-state index in [1.54, 1.807) is 0 Å². The minimum atomic E-state index is -4.47. The van der Waals surface area contributed by atoms with Gasteiger partial charge in [-0.1, -0.05) is 44.2 Å². The van der Waals surface area contributed by atoms with Crippen LogP contribution in [0.15, 0.2) is 48.5 Å². The Labute approximate surface area is 173 Å². The van der Waals surface area contributed by atoms with Gasteiger partial charge in [-0.2, -0.15) is 13.2 Å². The zero-order valence-electron chi connectivity index (χ0n) is 17.2. The molecule has 0 radical (unpaired) electrons. The zero-order chi connectivity index (χ0) is 22.5. The van der Waals surface area contributed by atoms with Crippen molar-refractivity contribution in [3.63, 3.8) is 0 Å². The maximum atomic E-state index is 12.8. The number of amides is 1. The van der Waals surface area contributed by atoms with Gasteiger partial charge < -0.3 is 10.1 Å². The molecule has 2 aromatic rings. The van der Waals surface area contributed by atoms with Gasteiger partial charge in [0.05, 0.1) is 5.56 Å². The van der Waals surface area contributed by atoms with Gasteiger partial charge in [0, 0.05) is 11.8 Å². The summed E-state index contributed by atoms with van der Waals surface area (Å²) in [5.74, 6) is -1.13. The molecule has 0 spiro atoms. The van der Waals surface area contributed by atoms with Gasteiger partial charge >= 0.3 is 12.1 Å². The molecule has 0 heterocycles. The van der Waals surface area contributed by atoms with Gasteiger partial charge in [-0.3, -0.25) is 4.79 Å². The van der Waals surface area contributed by atoms with E-state index >= 15 is 0 Å². The quantitative estimate of drug-likeness (QED) is 0.481. The number of benzene rings is 2. The molecule has 1 N–H and O–H groups in total. The van der Waals surface area contributed by atoms with E-state index in [1.165, 1.54) is 25.1 Å². The summed E-state index contributed by atoms with van der Waals surface area (Å²) in [6, 6.07) is 10.2. The van der Waals surface area contributed by atoms with Gasteiger partial charge in [0.2, 0.25) is 0 Å². The van der Waals surface area contributed by atoms with E-state index in [1.807, 2.05) is 39.0 Å². The first-order valence-corrected chi connectivity index (χ1v) is 9.45. The summed E-state index contributed by atoms with van der Waals surface area (Å²) in [4.78, 5) is 24.5. The van der Waals surface area contributed by atoms with Gasteiger partial charge in [0.25, 0.3) is 5.91 Å². The van der Waals surface area contributed by atoms with Crippen molar-refractivity contribution in [2.75, 3.05) is 5.32 Å². The lowest BCUT2D eigenvalue weighted by Crippen LogP contribution is -2.30. The molecular formula is C23H24F3NO3. The molecule has 0 saturated carbocycles. The summed E-state index contributed by atoms with van der Waals surface area (Å²) in [6.07, 6.45) is -3.35. The SMILES string of the molecule is Cc1cccc(C(C)C)c1NC(=O)C(C)OC(=O)/C=C/c1cccc(C(F)(F)F)c1. The Bertz CT molecular complexity index is 949. The Morgan fingerprint density at radius 1 is 1.07 bits per heavy atom. The number of ether oxygens (including phenoxy) is 1. The van der Waals surface area contributed by atoms with Gasteiger partial charge in [-0.25, -0.2) is 4.79 Å². The van der Waals surface area contributed by atoms with E-state index in [4.69, 9.17) is 4.74 Å². The van der Waals surface area contributed by atoms with E-state index in [0.29, 0.717) is 5.69 Å². The van der Waals surface area contributed by atoms with E-state index in [0.717, 1.165) is 29.3 Å². The predicted octanol–water partition coefficient (Wildman–Crippen LogP) is 5.72. The van der Waals surface area contributed by atoms with Crippen molar-refractivity contribution >= 4 is 23.6 Å². The highest BCUT2D eigenvalue weighted by atomic mass is 19.4. The number of esters is 1. The van der Waals surface area contributed by atoms with Crippen LogP contribution in [0, 0.1) is 6.92 Å². The van der Waals surface area contributed by atoms with Crippen LogP contribution in [0.1, 0.15) is 48.9 Å². The van der Waals surface area contributed by atoms with E-state index in [2.05, 4.69) is 5.32 Å². The summed E-state index contributed by atoms with van der Waals surface area (Å²) >= 11 is 0. The molecule has 0 bridgehead atoms. The largest absolute Gasteiger partial charge is 0.449 e. The Morgan fingerprint density at radius 2 is 1.73 bits per heavy atom. The Kier molecular flexibility index (Phi) is 7.43. The molecular weight excluding hydrogens is 395 g/mol. The van der Waals surface area contributed by atoms with Crippen molar-refractivity contribution < 1.29 is 27.5 Å². The van der Waals surface area contributed by atoms with Crippen LogP contribution in [0.2, 0.25) is 0 Å². The average Bonchev–Trinajstić information content (AvgIpc) is 2.67. The van der Waals surface area contributed by atoms with Gasteiger partial charge in [-0.05, 0) is 54.7 Å². The highest BCUT2D eigenvalue weighted by molar-refractivity contribution is 5.97. The van der Waals surface area contributed by atoms with E-state index < -0.39 is 29.7 Å². The van der Waals surface area contributed by atoms with E-state index in [9.17, 15) is 22.8 Å². The number of anilines is 1. The van der Waals surface area contributed by atoms with Crippen LogP contribution in [0.3, 0.4) is 0 Å². The number of alkyl halides is 3. The molecule has 0 saturated heterocycles. The van der Waals surface area contributed by atoms with Crippen molar-refractivity contribution in [3.05, 3.63) is 70.8 Å². The number of hydrogen-bond acceptors (Lipinski definition) is 3. The molecule has 1 unspecified atom stereocenters. The lowest BCUT2D eigenvalue weighted by molar-refractivity contribution is -0.148. The number of hydrogen-bond donors (Lipinski definition) is 1. The Hall–Kier alpha value is -3.09. The third-order valence-electron chi connectivity index (χ3n) is 4.46. The fourth-order valence-corrected chi connectivity index (χ4v) is 2.82. The molecule has 0 fully saturated rings. The number of carbonyl (C=O) groups excluding carboxylic acids is 2. The number of carbonyl (C=O) groups is 2. The molecule has 4 nitrogen and oxygen atoms in total. The topological polar surface area (TPSA) is 55.4 Å².